The summed E-state index contributed by atoms with van der Waals surface area (Å²) in [6, 6.07) is 5.35. The quantitative estimate of drug-likeness (QED) is 0.865. The van der Waals surface area contributed by atoms with Gasteiger partial charge in [0.05, 0.1) is 18.2 Å². The van der Waals surface area contributed by atoms with E-state index in [0.717, 1.165) is 0 Å². The SMILES string of the molecule is O=C(N[C@H]1COCOC1(C1CCCCC1)C1CCCCC1)c1ccccn1. The zero-order valence-electron chi connectivity index (χ0n) is 16.2. The van der Waals surface area contributed by atoms with Crippen molar-refractivity contribution in [2.75, 3.05) is 13.4 Å². The van der Waals surface area contributed by atoms with Crippen LogP contribution < -0.4 is 5.32 Å². The molecule has 148 valence electrons. The minimum atomic E-state index is -0.288. The summed E-state index contributed by atoms with van der Waals surface area (Å²) in [5, 5.41) is 3.27. The van der Waals surface area contributed by atoms with Gasteiger partial charge in [-0.2, -0.15) is 0 Å². The molecule has 5 heteroatoms. The minimum absolute atomic E-state index is 0.105. The first-order valence-electron chi connectivity index (χ1n) is 10.7. The first kappa shape index (κ1) is 18.9. The van der Waals surface area contributed by atoms with Gasteiger partial charge in [-0.15, -0.1) is 0 Å². The van der Waals surface area contributed by atoms with Crippen molar-refractivity contribution in [1.82, 2.24) is 10.3 Å². The minimum Gasteiger partial charge on any atom is -0.353 e. The number of ether oxygens (including phenoxy) is 2. The van der Waals surface area contributed by atoms with Gasteiger partial charge >= 0.3 is 0 Å². The van der Waals surface area contributed by atoms with E-state index in [1.807, 2.05) is 12.1 Å². The molecule has 3 fully saturated rings. The fraction of sp³-hybridized carbons (Fsp3) is 0.727. The second-order valence-corrected chi connectivity index (χ2v) is 8.40. The van der Waals surface area contributed by atoms with Crippen molar-refractivity contribution in [2.24, 2.45) is 11.8 Å². The lowest BCUT2D eigenvalue weighted by Gasteiger charge is -2.54. The van der Waals surface area contributed by atoms with Crippen LogP contribution in [0.4, 0.5) is 0 Å². The van der Waals surface area contributed by atoms with Crippen LogP contribution in [-0.4, -0.2) is 35.9 Å². The molecule has 1 aliphatic heterocycles. The van der Waals surface area contributed by atoms with Crippen molar-refractivity contribution in [3.05, 3.63) is 30.1 Å². The van der Waals surface area contributed by atoms with Crippen LogP contribution in [0.15, 0.2) is 24.4 Å². The normalized spacial score (nSPS) is 27.2. The number of hydrogen-bond donors (Lipinski definition) is 1. The van der Waals surface area contributed by atoms with Crippen LogP contribution in [0.3, 0.4) is 0 Å². The molecule has 0 radical (unpaired) electrons. The molecule has 0 aromatic carbocycles. The summed E-state index contributed by atoms with van der Waals surface area (Å²) in [4.78, 5) is 17.1. The number of pyridine rings is 1. The average Bonchev–Trinajstić information content (AvgIpc) is 2.76. The van der Waals surface area contributed by atoms with Gasteiger partial charge in [0.15, 0.2) is 0 Å². The number of amides is 1. The van der Waals surface area contributed by atoms with Crippen molar-refractivity contribution < 1.29 is 14.3 Å². The Morgan fingerprint density at radius 2 is 1.67 bits per heavy atom. The van der Waals surface area contributed by atoms with E-state index in [4.69, 9.17) is 9.47 Å². The summed E-state index contributed by atoms with van der Waals surface area (Å²) in [5.41, 5.74) is 0.174. The summed E-state index contributed by atoms with van der Waals surface area (Å²) >= 11 is 0. The van der Waals surface area contributed by atoms with Gasteiger partial charge in [-0.3, -0.25) is 9.78 Å². The number of aromatic nitrogens is 1. The lowest BCUT2D eigenvalue weighted by molar-refractivity contribution is -0.257. The molecule has 0 spiro atoms. The van der Waals surface area contributed by atoms with E-state index in [1.165, 1.54) is 64.2 Å². The Kier molecular flexibility index (Phi) is 6.08. The van der Waals surface area contributed by atoms with E-state index in [-0.39, 0.29) is 17.6 Å². The van der Waals surface area contributed by atoms with Gasteiger partial charge in [0, 0.05) is 6.20 Å². The summed E-state index contributed by atoms with van der Waals surface area (Å²) < 4.78 is 12.2. The molecule has 1 amide bonds. The second kappa shape index (κ2) is 8.70. The Morgan fingerprint density at radius 1 is 1.00 bits per heavy atom. The Balaban J connectivity index is 1.62. The summed E-state index contributed by atoms with van der Waals surface area (Å²) in [6.07, 6.45) is 14.2. The van der Waals surface area contributed by atoms with Crippen molar-refractivity contribution in [2.45, 2.75) is 75.9 Å². The average molecular weight is 373 g/mol. The third kappa shape index (κ3) is 3.90. The number of carbonyl (C=O) groups excluding carboxylic acids is 1. The molecule has 0 unspecified atom stereocenters. The predicted molar refractivity (Wildman–Crippen MR) is 103 cm³/mol. The third-order valence-corrected chi connectivity index (χ3v) is 6.91. The lowest BCUT2D eigenvalue weighted by atomic mass is 9.63. The molecule has 2 saturated carbocycles. The van der Waals surface area contributed by atoms with Crippen LogP contribution >= 0.6 is 0 Å². The van der Waals surface area contributed by atoms with Gasteiger partial charge in [0.2, 0.25) is 0 Å². The van der Waals surface area contributed by atoms with E-state index in [2.05, 4.69) is 10.3 Å². The molecule has 1 aromatic heterocycles. The fourth-order valence-electron chi connectivity index (χ4n) is 5.67. The highest BCUT2D eigenvalue weighted by molar-refractivity contribution is 5.92. The van der Waals surface area contributed by atoms with Crippen molar-refractivity contribution in [1.29, 1.82) is 0 Å². The number of carbonyl (C=O) groups is 1. The van der Waals surface area contributed by atoms with Gasteiger partial charge in [-0.1, -0.05) is 44.6 Å². The molecule has 5 nitrogen and oxygen atoms in total. The molecule has 0 bridgehead atoms. The summed E-state index contributed by atoms with van der Waals surface area (Å²) in [5.74, 6) is 0.894. The lowest BCUT2D eigenvalue weighted by Crippen LogP contribution is -2.67. The van der Waals surface area contributed by atoms with Crippen LogP contribution in [0.25, 0.3) is 0 Å². The Morgan fingerprint density at radius 3 is 2.26 bits per heavy atom. The first-order valence-corrected chi connectivity index (χ1v) is 10.7. The Labute approximate surface area is 162 Å². The maximum atomic E-state index is 12.9. The molecule has 27 heavy (non-hydrogen) atoms. The number of hydrogen-bond acceptors (Lipinski definition) is 4. The standard InChI is InChI=1S/C22H32N2O3/c25-21(19-13-7-8-14-23-19)24-20-15-26-16-27-22(20,17-9-3-1-4-10-17)18-11-5-2-6-12-18/h7-8,13-14,17-18,20H,1-6,9-12,15-16H2,(H,24,25)/t20-/m0/s1. The maximum absolute atomic E-state index is 12.9. The highest BCUT2D eigenvalue weighted by atomic mass is 16.7. The van der Waals surface area contributed by atoms with Crippen molar-refractivity contribution in [3.63, 3.8) is 0 Å². The molecule has 1 N–H and O–H groups in total. The Bertz CT molecular complexity index is 591. The fourth-order valence-corrected chi connectivity index (χ4v) is 5.67. The van der Waals surface area contributed by atoms with Crippen LogP contribution in [0, 0.1) is 11.8 Å². The van der Waals surface area contributed by atoms with E-state index in [9.17, 15) is 4.79 Å². The van der Waals surface area contributed by atoms with E-state index < -0.39 is 0 Å². The molecule has 1 aromatic rings. The van der Waals surface area contributed by atoms with Gasteiger partial charge < -0.3 is 14.8 Å². The molecule has 1 saturated heterocycles. The molecule has 1 atom stereocenters. The second-order valence-electron chi connectivity index (χ2n) is 8.40. The largest absolute Gasteiger partial charge is 0.353 e. The molecule has 2 aliphatic carbocycles. The maximum Gasteiger partial charge on any atom is 0.270 e. The predicted octanol–water partition coefficient (Wildman–Crippen LogP) is 4.08. The zero-order valence-corrected chi connectivity index (χ0v) is 16.2. The molecule has 2 heterocycles. The number of nitrogens with one attached hydrogen (secondary N) is 1. The highest BCUT2D eigenvalue weighted by Gasteiger charge is 2.54. The van der Waals surface area contributed by atoms with Gasteiger partial charge in [0.1, 0.15) is 12.5 Å². The van der Waals surface area contributed by atoms with Crippen LogP contribution in [0.1, 0.15) is 74.7 Å². The number of rotatable bonds is 4. The van der Waals surface area contributed by atoms with Crippen LogP contribution in [0.5, 0.6) is 0 Å². The molecule has 4 rings (SSSR count). The topological polar surface area (TPSA) is 60.5 Å². The zero-order chi connectivity index (χ0) is 18.5. The van der Waals surface area contributed by atoms with Crippen LogP contribution in [-0.2, 0) is 9.47 Å². The van der Waals surface area contributed by atoms with Crippen molar-refractivity contribution in [3.8, 4) is 0 Å². The van der Waals surface area contributed by atoms with E-state index in [1.54, 1.807) is 12.3 Å². The van der Waals surface area contributed by atoms with Crippen molar-refractivity contribution >= 4 is 5.91 Å². The molecular weight excluding hydrogens is 340 g/mol. The van der Waals surface area contributed by atoms with Gasteiger partial charge in [0.25, 0.3) is 5.91 Å². The summed E-state index contributed by atoms with van der Waals surface area (Å²) in [7, 11) is 0. The van der Waals surface area contributed by atoms with E-state index >= 15 is 0 Å². The number of nitrogens with zero attached hydrogens (tertiary/aromatic N) is 1. The smallest absolute Gasteiger partial charge is 0.270 e. The van der Waals surface area contributed by atoms with Gasteiger partial charge in [-0.05, 0) is 49.7 Å². The monoisotopic (exact) mass is 372 g/mol. The van der Waals surface area contributed by atoms with Gasteiger partial charge in [-0.25, -0.2) is 0 Å². The summed E-state index contributed by atoms with van der Waals surface area (Å²) in [6.45, 7) is 0.883. The first-order chi connectivity index (χ1) is 13.3. The molecule has 3 aliphatic rings. The third-order valence-electron chi connectivity index (χ3n) is 6.91. The van der Waals surface area contributed by atoms with E-state index in [0.29, 0.717) is 30.9 Å². The molecular formula is C22H32N2O3. The van der Waals surface area contributed by atoms with Crippen LogP contribution in [0.2, 0.25) is 0 Å². The Hall–Kier alpha value is -1.46. The highest BCUT2D eigenvalue weighted by Crippen LogP contribution is 2.48.